The predicted octanol–water partition coefficient (Wildman–Crippen LogP) is 2.48. The lowest BCUT2D eigenvalue weighted by atomic mass is 10.0. The van der Waals surface area contributed by atoms with E-state index in [2.05, 4.69) is 11.9 Å². The molecule has 1 amide bonds. The van der Waals surface area contributed by atoms with Crippen LogP contribution >= 0.6 is 0 Å². The predicted molar refractivity (Wildman–Crippen MR) is 78.3 cm³/mol. The molecule has 104 valence electrons. The van der Waals surface area contributed by atoms with Gasteiger partial charge < -0.3 is 15.8 Å². The molecule has 0 aromatic heterocycles. The highest BCUT2D eigenvalue weighted by Crippen LogP contribution is 2.21. The number of aryl methyl sites for hydroxylation is 1. The quantitative estimate of drug-likeness (QED) is 0.774. The Labute approximate surface area is 114 Å². The summed E-state index contributed by atoms with van der Waals surface area (Å²) in [5.41, 5.74) is 7.50. The largest absolute Gasteiger partial charge is 0.490 e. The lowest BCUT2D eigenvalue weighted by Gasteiger charge is -2.17. The summed E-state index contributed by atoms with van der Waals surface area (Å²) in [5.74, 6) is 0.692. The van der Waals surface area contributed by atoms with Crippen LogP contribution in [0.25, 0.3) is 0 Å². The molecule has 0 fully saturated rings. The molecule has 0 radical (unpaired) electrons. The van der Waals surface area contributed by atoms with Crippen LogP contribution in [0.5, 0.6) is 5.75 Å². The number of anilines is 1. The van der Waals surface area contributed by atoms with Crippen LogP contribution in [0.3, 0.4) is 0 Å². The van der Waals surface area contributed by atoms with Gasteiger partial charge in [0.2, 0.25) is 5.91 Å². The molecule has 0 heterocycles. The Hall–Kier alpha value is -1.81. The van der Waals surface area contributed by atoms with Gasteiger partial charge in [-0.2, -0.15) is 0 Å². The molecule has 1 rings (SSSR count). The molecule has 1 unspecified atom stereocenters. The zero-order chi connectivity index (χ0) is 14.4. The van der Waals surface area contributed by atoms with Gasteiger partial charge >= 0.3 is 0 Å². The van der Waals surface area contributed by atoms with Crippen molar-refractivity contribution in [2.45, 2.75) is 26.8 Å². The van der Waals surface area contributed by atoms with E-state index in [1.54, 1.807) is 6.08 Å². The van der Waals surface area contributed by atoms with E-state index < -0.39 is 6.04 Å². The molecule has 1 aromatic carbocycles. The average molecular weight is 262 g/mol. The summed E-state index contributed by atoms with van der Waals surface area (Å²) in [6, 6.07) is 5.00. The molecule has 4 heteroatoms. The number of benzene rings is 1. The summed E-state index contributed by atoms with van der Waals surface area (Å²) in [7, 11) is 0. The van der Waals surface area contributed by atoms with Crippen LogP contribution in [0.2, 0.25) is 0 Å². The van der Waals surface area contributed by atoms with Gasteiger partial charge in [0.15, 0.2) is 0 Å². The van der Waals surface area contributed by atoms with Gasteiger partial charge in [-0.3, -0.25) is 4.79 Å². The fraction of sp³-hybridized carbons (Fsp3) is 0.400. The highest BCUT2D eigenvalue weighted by atomic mass is 16.5. The Morgan fingerprint density at radius 1 is 1.53 bits per heavy atom. The normalized spacial score (nSPS) is 12.1. The van der Waals surface area contributed by atoms with Gasteiger partial charge in [-0.05, 0) is 36.6 Å². The Morgan fingerprint density at radius 2 is 2.21 bits per heavy atom. The first-order valence-corrected chi connectivity index (χ1v) is 6.36. The molecule has 0 bridgehead atoms. The van der Waals surface area contributed by atoms with E-state index >= 15 is 0 Å². The molecule has 4 nitrogen and oxygen atoms in total. The number of hydrogen-bond acceptors (Lipinski definition) is 3. The standard InChI is InChI=1S/C15H22N2O2/c1-5-8-19-12-6-7-13(11(4)9-12)17-15(18)14(16)10(2)3/h5-7,9-10,14H,1,8,16H2,2-4H3,(H,17,18). The van der Waals surface area contributed by atoms with E-state index in [1.807, 2.05) is 39.0 Å². The van der Waals surface area contributed by atoms with Crippen LogP contribution in [-0.2, 0) is 4.79 Å². The van der Waals surface area contributed by atoms with Crippen molar-refractivity contribution >= 4 is 11.6 Å². The number of nitrogens with two attached hydrogens (primary N) is 1. The monoisotopic (exact) mass is 262 g/mol. The van der Waals surface area contributed by atoms with Crippen molar-refractivity contribution in [3.63, 3.8) is 0 Å². The topological polar surface area (TPSA) is 64.3 Å². The number of rotatable bonds is 6. The van der Waals surface area contributed by atoms with Crippen molar-refractivity contribution in [3.05, 3.63) is 36.4 Å². The number of carbonyl (C=O) groups excluding carboxylic acids is 1. The van der Waals surface area contributed by atoms with Crippen molar-refractivity contribution in [1.82, 2.24) is 0 Å². The molecule has 1 atom stereocenters. The van der Waals surface area contributed by atoms with Crippen molar-refractivity contribution in [2.75, 3.05) is 11.9 Å². The summed E-state index contributed by atoms with van der Waals surface area (Å²) in [5, 5.41) is 2.83. The molecule has 0 aliphatic heterocycles. The van der Waals surface area contributed by atoms with E-state index in [1.165, 1.54) is 0 Å². The van der Waals surface area contributed by atoms with E-state index in [4.69, 9.17) is 10.5 Å². The number of ether oxygens (including phenoxy) is 1. The Balaban J connectivity index is 2.74. The molecule has 19 heavy (non-hydrogen) atoms. The number of amides is 1. The third-order valence-electron chi connectivity index (χ3n) is 2.84. The molecule has 0 aliphatic rings. The lowest BCUT2D eigenvalue weighted by molar-refractivity contribution is -0.118. The summed E-state index contributed by atoms with van der Waals surface area (Å²) in [6.45, 7) is 9.81. The van der Waals surface area contributed by atoms with Gasteiger partial charge in [-0.1, -0.05) is 26.5 Å². The molecule has 0 aliphatic carbocycles. The second kappa shape index (κ2) is 6.95. The van der Waals surface area contributed by atoms with E-state index in [9.17, 15) is 4.79 Å². The highest BCUT2D eigenvalue weighted by molar-refractivity contribution is 5.95. The smallest absolute Gasteiger partial charge is 0.241 e. The van der Waals surface area contributed by atoms with Gasteiger partial charge in [0.1, 0.15) is 12.4 Å². The van der Waals surface area contributed by atoms with E-state index in [0.29, 0.717) is 6.61 Å². The summed E-state index contributed by atoms with van der Waals surface area (Å²) in [6.07, 6.45) is 1.69. The van der Waals surface area contributed by atoms with Gasteiger partial charge in [0.25, 0.3) is 0 Å². The first-order valence-electron chi connectivity index (χ1n) is 6.36. The molecule has 1 aromatic rings. The lowest BCUT2D eigenvalue weighted by Crippen LogP contribution is -2.39. The van der Waals surface area contributed by atoms with Gasteiger partial charge in [-0.15, -0.1) is 0 Å². The maximum absolute atomic E-state index is 11.9. The maximum Gasteiger partial charge on any atom is 0.241 e. The van der Waals surface area contributed by atoms with Crippen molar-refractivity contribution in [3.8, 4) is 5.75 Å². The number of nitrogens with one attached hydrogen (secondary N) is 1. The van der Waals surface area contributed by atoms with Crippen molar-refractivity contribution < 1.29 is 9.53 Å². The van der Waals surface area contributed by atoms with Crippen molar-refractivity contribution in [2.24, 2.45) is 11.7 Å². The molecule has 0 saturated carbocycles. The summed E-state index contributed by atoms with van der Waals surface area (Å²) >= 11 is 0. The minimum atomic E-state index is -0.504. The zero-order valence-corrected chi connectivity index (χ0v) is 11.8. The van der Waals surface area contributed by atoms with Gasteiger partial charge in [-0.25, -0.2) is 0 Å². The molecule has 0 saturated heterocycles. The second-order valence-electron chi connectivity index (χ2n) is 4.84. The molecular formula is C15H22N2O2. The second-order valence-corrected chi connectivity index (χ2v) is 4.84. The summed E-state index contributed by atoms with van der Waals surface area (Å²) < 4.78 is 5.43. The molecule has 0 spiro atoms. The fourth-order valence-electron chi connectivity index (χ4n) is 1.54. The van der Waals surface area contributed by atoms with Crippen LogP contribution in [0.1, 0.15) is 19.4 Å². The number of carbonyl (C=O) groups is 1. The number of hydrogen-bond donors (Lipinski definition) is 2. The Bertz CT molecular complexity index is 455. The third kappa shape index (κ3) is 4.41. The van der Waals surface area contributed by atoms with Crippen LogP contribution in [-0.4, -0.2) is 18.6 Å². The van der Waals surface area contributed by atoms with Crippen LogP contribution < -0.4 is 15.8 Å². The first-order chi connectivity index (χ1) is 8.95. The summed E-state index contributed by atoms with van der Waals surface area (Å²) in [4.78, 5) is 11.9. The van der Waals surface area contributed by atoms with E-state index in [0.717, 1.165) is 17.0 Å². The Morgan fingerprint density at radius 3 is 2.74 bits per heavy atom. The zero-order valence-electron chi connectivity index (χ0n) is 11.8. The molecule has 3 N–H and O–H groups in total. The first kappa shape index (κ1) is 15.2. The minimum absolute atomic E-state index is 0.107. The Kier molecular flexibility index (Phi) is 5.57. The highest BCUT2D eigenvalue weighted by Gasteiger charge is 2.17. The fourth-order valence-corrected chi connectivity index (χ4v) is 1.54. The third-order valence-corrected chi connectivity index (χ3v) is 2.84. The van der Waals surface area contributed by atoms with Gasteiger partial charge in [0.05, 0.1) is 6.04 Å². The van der Waals surface area contributed by atoms with Crippen molar-refractivity contribution in [1.29, 1.82) is 0 Å². The van der Waals surface area contributed by atoms with Crippen LogP contribution in [0, 0.1) is 12.8 Å². The van der Waals surface area contributed by atoms with E-state index in [-0.39, 0.29) is 11.8 Å². The minimum Gasteiger partial charge on any atom is -0.490 e. The van der Waals surface area contributed by atoms with Crippen LogP contribution in [0.15, 0.2) is 30.9 Å². The van der Waals surface area contributed by atoms with Crippen LogP contribution in [0.4, 0.5) is 5.69 Å². The average Bonchev–Trinajstić information content (AvgIpc) is 2.37. The SMILES string of the molecule is C=CCOc1ccc(NC(=O)C(N)C(C)C)c(C)c1. The van der Waals surface area contributed by atoms with Gasteiger partial charge in [0, 0.05) is 5.69 Å². The molecular weight excluding hydrogens is 240 g/mol. The maximum atomic E-state index is 11.9.